The molecular formula is C4H9N7O. The maximum absolute atomic E-state index is 8.00. The van der Waals surface area contributed by atoms with Crippen LogP contribution in [0.5, 0.6) is 0 Å². The number of nitrogens with zero attached hydrogens (tertiary/aromatic N) is 3. The van der Waals surface area contributed by atoms with Crippen molar-refractivity contribution in [1.29, 1.82) is 0 Å². The Labute approximate surface area is 68.2 Å². The molecule has 12 heavy (non-hydrogen) atoms. The fourth-order valence-corrected chi connectivity index (χ4v) is 0.474. The van der Waals surface area contributed by atoms with Crippen molar-refractivity contribution in [2.24, 2.45) is 5.84 Å². The predicted molar refractivity (Wildman–Crippen MR) is 43.6 cm³/mol. The first kappa shape index (κ1) is 10.0. The van der Waals surface area contributed by atoms with Crippen molar-refractivity contribution in [2.45, 2.75) is 0 Å². The number of aromatic nitrogens is 3. The number of nitrogens with two attached hydrogens (primary N) is 3. The molecule has 0 amide bonds. The van der Waals surface area contributed by atoms with Crippen LogP contribution in [-0.2, 0) is 4.79 Å². The topological polar surface area (TPSA) is 146 Å². The van der Waals surface area contributed by atoms with Gasteiger partial charge in [0, 0.05) is 0 Å². The van der Waals surface area contributed by atoms with Crippen molar-refractivity contribution in [3.63, 3.8) is 0 Å². The van der Waals surface area contributed by atoms with Crippen molar-refractivity contribution in [3.05, 3.63) is 0 Å². The maximum Gasteiger partial charge on any atom is 0.243 e. The summed E-state index contributed by atoms with van der Waals surface area (Å²) >= 11 is 0. The second-order valence-corrected chi connectivity index (χ2v) is 1.52. The number of hydrazine groups is 1. The van der Waals surface area contributed by atoms with Gasteiger partial charge >= 0.3 is 0 Å². The van der Waals surface area contributed by atoms with E-state index in [0.29, 0.717) is 0 Å². The molecule has 8 nitrogen and oxygen atoms in total. The van der Waals surface area contributed by atoms with E-state index in [1.165, 1.54) is 0 Å². The van der Waals surface area contributed by atoms with Crippen LogP contribution in [-0.4, -0.2) is 21.7 Å². The molecule has 0 aliphatic heterocycles. The van der Waals surface area contributed by atoms with Crippen LogP contribution in [0.2, 0.25) is 0 Å². The molecule has 0 spiro atoms. The molecule has 0 aliphatic rings. The van der Waals surface area contributed by atoms with E-state index >= 15 is 0 Å². The van der Waals surface area contributed by atoms with E-state index in [2.05, 4.69) is 20.4 Å². The average Bonchev–Trinajstić information content (AvgIpc) is 2.06. The second-order valence-electron chi connectivity index (χ2n) is 1.52. The minimum Gasteiger partial charge on any atom is -0.368 e. The smallest absolute Gasteiger partial charge is 0.243 e. The Morgan fingerprint density at radius 2 is 1.50 bits per heavy atom. The Hall–Kier alpha value is -1.96. The van der Waals surface area contributed by atoms with E-state index in [1.807, 2.05) is 6.79 Å². The van der Waals surface area contributed by atoms with E-state index in [-0.39, 0.29) is 17.8 Å². The van der Waals surface area contributed by atoms with Crippen LogP contribution < -0.4 is 22.7 Å². The third kappa shape index (κ3) is 2.75. The molecule has 1 aromatic heterocycles. The molecule has 1 rings (SSSR count). The van der Waals surface area contributed by atoms with Gasteiger partial charge in [0.15, 0.2) is 0 Å². The van der Waals surface area contributed by atoms with Gasteiger partial charge in [-0.15, -0.1) is 0 Å². The van der Waals surface area contributed by atoms with Crippen LogP contribution >= 0.6 is 0 Å². The molecule has 66 valence electrons. The number of hydrogen-bond acceptors (Lipinski definition) is 8. The summed E-state index contributed by atoms with van der Waals surface area (Å²) in [6.45, 7) is 2.00. The van der Waals surface area contributed by atoms with E-state index < -0.39 is 0 Å². The molecule has 7 N–H and O–H groups in total. The summed E-state index contributed by atoms with van der Waals surface area (Å²) in [4.78, 5) is 18.7. The highest BCUT2D eigenvalue weighted by Crippen LogP contribution is 2.00. The molecule has 0 aromatic carbocycles. The number of rotatable bonds is 1. The van der Waals surface area contributed by atoms with Crippen molar-refractivity contribution in [1.82, 2.24) is 15.0 Å². The zero-order chi connectivity index (χ0) is 9.56. The highest BCUT2D eigenvalue weighted by molar-refractivity contribution is 5.35. The Balaban J connectivity index is 0.000000561. The van der Waals surface area contributed by atoms with Crippen molar-refractivity contribution in [3.8, 4) is 0 Å². The SMILES string of the molecule is C=O.NNc1nc(N)nc(N)n1. The summed E-state index contributed by atoms with van der Waals surface area (Å²) < 4.78 is 0. The second kappa shape index (κ2) is 4.79. The Bertz CT molecular complexity index is 231. The molecule has 1 aromatic rings. The molecule has 0 radical (unpaired) electrons. The van der Waals surface area contributed by atoms with Gasteiger partial charge in [-0.1, -0.05) is 0 Å². The summed E-state index contributed by atoms with van der Waals surface area (Å²) in [7, 11) is 0. The predicted octanol–water partition coefficient (Wildman–Crippen LogP) is -1.86. The van der Waals surface area contributed by atoms with Crippen LogP contribution in [0.3, 0.4) is 0 Å². The Morgan fingerprint density at radius 3 is 1.83 bits per heavy atom. The largest absolute Gasteiger partial charge is 0.368 e. The summed E-state index contributed by atoms with van der Waals surface area (Å²) in [5.41, 5.74) is 12.6. The molecule has 0 atom stereocenters. The molecule has 0 saturated carbocycles. The standard InChI is InChI=1S/C3H7N7.CH2O/c4-1-7-2(5)9-3(8-1)10-6;1-2/h6H2,(H5,4,5,7,8,9,10);1H2. The lowest BCUT2D eigenvalue weighted by atomic mass is 10.8. The van der Waals surface area contributed by atoms with E-state index in [4.69, 9.17) is 22.1 Å². The van der Waals surface area contributed by atoms with Gasteiger partial charge in [0.25, 0.3) is 0 Å². The normalized spacial score (nSPS) is 8.08. The van der Waals surface area contributed by atoms with Crippen LogP contribution in [0.4, 0.5) is 17.8 Å². The fraction of sp³-hybridized carbons (Fsp3) is 0. The number of nitrogen functional groups attached to an aromatic ring is 3. The number of carbonyl (C=O) groups excluding carboxylic acids is 1. The van der Waals surface area contributed by atoms with Crippen LogP contribution in [0.1, 0.15) is 0 Å². The van der Waals surface area contributed by atoms with E-state index in [0.717, 1.165) is 0 Å². The number of nitrogens with one attached hydrogen (secondary N) is 1. The molecule has 0 aliphatic carbocycles. The van der Waals surface area contributed by atoms with Crippen LogP contribution in [0, 0.1) is 0 Å². The first-order valence-corrected chi connectivity index (χ1v) is 2.75. The lowest BCUT2D eigenvalue weighted by Crippen LogP contribution is -2.13. The number of hydrogen-bond donors (Lipinski definition) is 4. The number of carbonyl (C=O) groups is 1. The lowest BCUT2D eigenvalue weighted by molar-refractivity contribution is -0.0979. The molecule has 0 fully saturated rings. The summed E-state index contributed by atoms with van der Waals surface area (Å²) in [6, 6.07) is 0. The van der Waals surface area contributed by atoms with E-state index in [9.17, 15) is 0 Å². The van der Waals surface area contributed by atoms with Gasteiger partial charge in [0.1, 0.15) is 6.79 Å². The Kier molecular flexibility index (Phi) is 4.01. The zero-order valence-electron chi connectivity index (χ0n) is 6.19. The van der Waals surface area contributed by atoms with Gasteiger partial charge in [-0.2, -0.15) is 15.0 Å². The number of anilines is 3. The quantitative estimate of drug-likeness (QED) is 0.284. The van der Waals surface area contributed by atoms with Gasteiger partial charge in [-0.25, -0.2) is 5.84 Å². The first-order chi connectivity index (χ1) is 5.72. The van der Waals surface area contributed by atoms with Gasteiger partial charge < -0.3 is 16.3 Å². The van der Waals surface area contributed by atoms with Gasteiger partial charge in [-0.3, -0.25) is 5.43 Å². The molecule has 8 heteroatoms. The first-order valence-electron chi connectivity index (χ1n) is 2.75. The highest BCUT2D eigenvalue weighted by Gasteiger charge is 1.96. The van der Waals surface area contributed by atoms with Crippen molar-refractivity contribution >= 4 is 24.6 Å². The molecule has 0 saturated heterocycles. The summed E-state index contributed by atoms with van der Waals surface area (Å²) in [6.07, 6.45) is 0. The molecular weight excluding hydrogens is 162 g/mol. The minimum absolute atomic E-state index is 0.0421. The Morgan fingerprint density at radius 1 is 1.08 bits per heavy atom. The molecule has 1 heterocycles. The van der Waals surface area contributed by atoms with Gasteiger partial charge in [0.2, 0.25) is 17.8 Å². The maximum atomic E-state index is 8.00. The zero-order valence-corrected chi connectivity index (χ0v) is 6.19. The summed E-state index contributed by atoms with van der Waals surface area (Å²) in [5.74, 6) is 5.22. The molecule has 0 unspecified atom stereocenters. The third-order valence-corrected chi connectivity index (χ3v) is 0.799. The average molecular weight is 171 g/mol. The van der Waals surface area contributed by atoms with Gasteiger partial charge in [0.05, 0.1) is 0 Å². The van der Waals surface area contributed by atoms with Crippen molar-refractivity contribution < 1.29 is 4.79 Å². The fourth-order valence-electron chi connectivity index (χ4n) is 0.474. The summed E-state index contributed by atoms with van der Waals surface area (Å²) in [5, 5.41) is 0. The molecule has 0 bridgehead atoms. The van der Waals surface area contributed by atoms with Crippen LogP contribution in [0.15, 0.2) is 0 Å². The monoisotopic (exact) mass is 171 g/mol. The van der Waals surface area contributed by atoms with Crippen LogP contribution in [0.25, 0.3) is 0 Å². The minimum atomic E-state index is 0.0421. The third-order valence-electron chi connectivity index (χ3n) is 0.799. The van der Waals surface area contributed by atoms with Gasteiger partial charge in [-0.05, 0) is 0 Å². The lowest BCUT2D eigenvalue weighted by Gasteiger charge is -1.98. The van der Waals surface area contributed by atoms with Crippen molar-refractivity contribution in [2.75, 3.05) is 16.9 Å². The highest BCUT2D eigenvalue weighted by atomic mass is 16.1. The van der Waals surface area contributed by atoms with E-state index in [1.54, 1.807) is 0 Å².